The zero-order valence-corrected chi connectivity index (χ0v) is 11.6. The van der Waals surface area contributed by atoms with E-state index in [1.54, 1.807) is 31.3 Å². The van der Waals surface area contributed by atoms with Crippen molar-refractivity contribution >= 4 is 10.9 Å². The van der Waals surface area contributed by atoms with Gasteiger partial charge < -0.3 is 4.57 Å². The molecule has 0 bridgehead atoms. The van der Waals surface area contributed by atoms with Gasteiger partial charge >= 0.3 is 0 Å². The highest BCUT2D eigenvalue weighted by Crippen LogP contribution is 2.07. The quantitative estimate of drug-likeness (QED) is 0.719. The molecule has 0 fully saturated rings. The van der Waals surface area contributed by atoms with E-state index in [2.05, 4.69) is 4.98 Å². The smallest absolute Gasteiger partial charge is 0.279 e. The van der Waals surface area contributed by atoms with Crippen molar-refractivity contribution in [2.45, 2.75) is 6.42 Å². The van der Waals surface area contributed by atoms with E-state index in [0.717, 1.165) is 5.56 Å². The number of fused-ring (bicyclic) bond motifs is 1. The average Bonchev–Trinajstić information content (AvgIpc) is 2.61. The summed E-state index contributed by atoms with van der Waals surface area (Å²) in [4.78, 5) is 28.8. The van der Waals surface area contributed by atoms with Crippen molar-refractivity contribution in [1.82, 2.24) is 9.55 Å². The molecular weight excluding hydrogens is 264 g/mol. The standard InChI is InChI=1S/C17H14N2O2/c1-19-15-10-6-5-9-13(15)16(20)18-14(17(19)21)11-12-7-3-2-4-8-12/h2-10H,11H2,1H3. The van der Waals surface area contributed by atoms with E-state index < -0.39 is 0 Å². The molecule has 0 aliphatic rings. The second-order valence-electron chi connectivity index (χ2n) is 4.91. The summed E-state index contributed by atoms with van der Waals surface area (Å²) in [7, 11) is 1.67. The van der Waals surface area contributed by atoms with Crippen molar-refractivity contribution in [3.63, 3.8) is 0 Å². The number of benzene rings is 2. The van der Waals surface area contributed by atoms with Crippen LogP contribution in [0.4, 0.5) is 0 Å². The third-order valence-electron chi connectivity index (χ3n) is 3.50. The topological polar surface area (TPSA) is 52.0 Å². The van der Waals surface area contributed by atoms with Gasteiger partial charge in [0.2, 0.25) is 0 Å². The van der Waals surface area contributed by atoms with Crippen LogP contribution in [0.5, 0.6) is 0 Å². The Hall–Kier alpha value is -2.75. The summed E-state index contributed by atoms with van der Waals surface area (Å²) in [5.41, 5.74) is 1.22. The van der Waals surface area contributed by atoms with Crippen LogP contribution in [0.25, 0.3) is 10.9 Å². The summed E-state index contributed by atoms with van der Waals surface area (Å²) in [6.07, 6.45) is 0.351. The molecule has 1 heterocycles. The lowest BCUT2D eigenvalue weighted by Crippen LogP contribution is -2.20. The van der Waals surface area contributed by atoms with E-state index in [1.165, 1.54) is 4.57 Å². The number of rotatable bonds is 2. The Morgan fingerprint density at radius 1 is 0.952 bits per heavy atom. The molecule has 2 aromatic carbocycles. The molecule has 0 radical (unpaired) electrons. The lowest BCUT2D eigenvalue weighted by atomic mass is 10.1. The van der Waals surface area contributed by atoms with Crippen LogP contribution >= 0.6 is 0 Å². The summed E-state index contributed by atoms with van der Waals surface area (Å²) in [5, 5.41) is 0.455. The Balaban J connectivity index is 2.28. The first kappa shape index (κ1) is 13.2. The van der Waals surface area contributed by atoms with Crippen molar-refractivity contribution < 1.29 is 0 Å². The molecule has 0 N–H and O–H groups in total. The maximum absolute atomic E-state index is 12.5. The lowest BCUT2D eigenvalue weighted by Gasteiger charge is -1.99. The number of hydrogen-bond acceptors (Lipinski definition) is 3. The third kappa shape index (κ3) is 2.48. The number of para-hydroxylation sites is 1. The minimum atomic E-state index is -0.366. The molecule has 104 valence electrons. The van der Waals surface area contributed by atoms with Gasteiger partial charge in [0, 0.05) is 13.5 Å². The zero-order chi connectivity index (χ0) is 14.8. The van der Waals surface area contributed by atoms with Crippen LogP contribution in [0.1, 0.15) is 11.3 Å². The van der Waals surface area contributed by atoms with Gasteiger partial charge in [-0.3, -0.25) is 9.59 Å². The van der Waals surface area contributed by atoms with Gasteiger partial charge in [0.1, 0.15) is 5.69 Å². The molecule has 0 saturated heterocycles. The first-order valence-corrected chi connectivity index (χ1v) is 6.70. The van der Waals surface area contributed by atoms with E-state index in [0.29, 0.717) is 17.3 Å². The fourth-order valence-electron chi connectivity index (χ4n) is 2.38. The Labute approximate surface area is 121 Å². The highest BCUT2D eigenvalue weighted by Gasteiger charge is 2.09. The molecule has 3 aromatic rings. The monoisotopic (exact) mass is 278 g/mol. The summed E-state index contributed by atoms with van der Waals surface area (Å²) < 4.78 is 1.49. The zero-order valence-electron chi connectivity index (χ0n) is 11.6. The molecule has 0 aliphatic carbocycles. The minimum absolute atomic E-state index is 0.239. The highest BCUT2D eigenvalue weighted by atomic mass is 16.1. The Bertz CT molecular complexity index is 915. The number of nitrogens with zero attached hydrogens (tertiary/aromatic N) is 2. The summed E-state index contributed by atoms with van der Waals surface area (Å²) >= 11 is 0. The van der Waals surface area contributed by atoms with Crippen LogP contribution < -0.4 is 11.1 Å². The van der Waals surface area contributed by atoms with Crippen LogP contribution in [-0.4, -0.2) is 9.55 Å². The second kappa shape index (κ2) is 5.32. The first-order chi connectivity index (χ1) is 10.2. The molecule has 0 aliphatic heterocycles. The maximum atomic E-state index is 12.5. The third-order valence-corrected chi connectivity index (χ3v) is 3.50. The van der Waals surface area contributed by atoms with Gasteiger partial charge in [-0.2, -0.15) is 0 Å². The van der Waals surface area contributed by atoms with Crippen LogP contribution in [0.2, 0.25) is 0 Å². The second-order valence-corrected chi connectivity index (χ2v) is 4.91. The van der Waals surface area contributed by atoms with E-state index in [1.807, 2.05) is 30.3 Å². The number of hydrogen-bond donors (Lipinski definition) is 0. The van der Waals surface area contributed by atoms with Gasteiger partial charge in [-0.15, -0.1) is 0 Å². The lowest BCUT2D eigenvalue weighted by molar-refractivity contribution is 0.872. The molecule has 3 rings (SSSR count). The summed E-state index contributed by atoms with van der Waals surface area (Å²) in [6.45, 7) is 0. The molecule has 21 heavy (non-hydrogen) atoms. The van der Waals surface area contributed by atoms with Gasteiger partial charge in [0.25, 0.3) is 11.1 Å². The normalized spacial score (nSPS) is 10.7. The van der Waals surface area contributed by atoms with E-state index in [9.17, 15) is 9.59 Å². The van der Waals surface area contributed by atoms with Crippen LogP contribution in [-0.2, 0) is 13.5 Å². The van der Waals surface area contributed by atoms with E-state index >= 15 is 0 Å². The van der Waals surface area contributed by atoms with Crippen molar-refractivity contribution in [2.75, 3.05) is 0 Å². The van der Waals surface area contributed by atoms with Crippen molar-refractivity contribution in [2.24, 2.45) is 7.05 Å². The number of aryl methyl sites for hydroxylation is 1. The molecular formula is C17H14N2O2. The Morgan fingerprint density at radius 2 is 1.62 bits per heavy atom. The van der Waals surface area contributed by atoms with Crippen molar-refractivity contribution in [1.29, 1.82) is 0 Å². The predicted molar refractivity (Wildman–Crippen MR) is 82.5 cm³/mol. The fraction of sp³-hybridized carbons (Fsp3) is 0.118. The Kier molecular flexibility index (Phi) is 3.36. The molecule has 0 saturated carbocycles. The van der Waals surface area contributed by atoms with Crippen molar-refractivity contribution in [3.05, 3.63) is 86.6 Å². The number of aromatic nitrogens is 2. The molecule has 0 amide bonds. The van der Waals surface area contributed by atoms with Gasteiger partial charge in [-0.05, 0) is 17.7 Å². The SMILES string of the molecule is Cn1c(=O)c(Cc2ccccc2)nc(=O)c2ccccc21. The summed E-state index contributed by atoms with van der Waals surface area (Å²) in [5.74, 6) is 0. The fourth-order valence-corrected chi connectivity index (χ4v) is 2.38. The largest absolute Gasteiger partial charge is 0.310 e. The maximum Gasteiger partial charge on any atom is 0.279 e. The predicted octanol–water partition coefficient (Wildman–Crippen LogP) is 1.88. The van der Waals surface area contributed by atoms with Gasteiger partial charge in [0.15, 0.2) is 0 Å². The first-order valence-electron chi connectivity index (χ1n) is 6.70. The molecule has 0 unspecified atom stereocenters. The van der Waals surface area contributed by atoms with Crippen LogP contribution in [0.3, 0.4) is 0 Å². The minimum Gasteiger partial charge on any atom is -0.310 e. The van der Waals surface area contributed by atoms with E-state index in [4.69, 9.17) is 0 Å². The van der Waals surface area contributed by atoms with Crippen LogP contribution in [0.15, 0.2) is 64.2 Å². The molecule has 1 aromatic heterocycles. The summed E-state index contributed by atoms with van der Waals surface area (Å²) in [6, 6.07) is 16.6. The average molecular weight is 278 g/mol. The van der Waals surface area contributed by atoms with Gasteiger partial charge in [0.05, 0.1) is 10.9 Å². The highest BCUT2D eigenvalue weighted by molar-refractivity contribution is 5.77. The van der Waals surface area contributed by atoms with Crippen molar-refractivity contribution in [3.8, 4) is 0 Å². The van der Waals surface area contributed by atoms with E-state index in [-0.39, 0.29) is 16.8 Å². The molecule has 4 heteroatoms. The van der Waals surface area contributed by atoms with Gasteiger partial charge in [-0.25, -0.2) is 4.98 Å². The Morgan fingerprint density at radius 3 is 2.38 bits per heavy atom. The van der Waals surface area contributed by atoms with Crippen LogP contribution in [0, 0.1) is 0 Å². The molecule has 0 spiro atoms. The van der Waals surface area contributed by atoms with Gasteiger partial charge in [-0.1, -0.05) is 42.5 Å². The molecule has 0 atom stereocenters. The molecule has 4 nitrogen and oxygen atoms in total.